The van der Waals surface area contributed by atoms with Crippen LogP contribution in [0, 0.1) is 0 Å². The summed E-state index contributed by atoms with van der Waals surface area (Å²) < 4.78 is 1.80. The van der Waals surface area contributed by atoms with Crippen molar-refractivity contribution in [3.05, 3.63) is 34.3 Å². The zero-order chi connectivity index (χ0) is 12.5. The van der Waals surface area contributed by atoms with E-state index < -0.39 is 0 Å². The molecular formula is C13H19N3S. The summed E-state index contributed by atoms with van der Waals surface area (Å²) in [5.74, 6) is 0. The molecule has 2 heterocycles. The maximum atomic E-state index is 4.13. The molecule has 0 bridgehead atoms. The molecule has 17 heavy (non-hydrogen) atoms. The molecule has 0 aliphatic rings. The van der Waals surface area contributed by atoms with Gasteiger partial charge in [-0.15, -0.1) is 11.3 Å². The van der Waals surface area contributed by atoms with E-state index in [9.17, 15) is 0 Å². The zero-order valence-corrected chi connectivity index (χ0v) is 11.6. The molecule has 0 aliphatic heterocycles. The number of aryl methyl sites for hydroxylation is 1. The molecule has 0 atom stereocenters. The van der Waals surface area contributed by atoms with Gasteiger partial charge in [0.1, 0.15) is 0 Å². The lowest BCUT2D eigenvalue weighted by Crippen LogP contribution is -2.07. The molecule has 2 rings (SSSR count). The maximum absolute atomic E-state index is 4.13. The van der Waals surface area contributed by atoms with Gasteiger partial charge in [-0.25, -0.2) is 0 Å². The summed E-state index contributed by atoms with van der Waals surface area (Å²) in [5, 5.41) is 7.50. The van der Waals surface area contributed by atoms with Crippen LogP contribution in [0.1, 0.15) is 30.5 Å². The number of aromatic nitrogens is 2. The first-order valence-corrected chi connectivity index (χ1v) is 6.58. The van der Waals surface area contributed by atoms with Gasteiger partial charge in [-0.1, -0.05) is 20.8 Å². The Labute approximate surface area is 106 Å². The van der Waals surface area contributed by atoms with Gasteiger partial charge in [0.25, 0.3) is 0 Å². The van der Waals surface area contributed by atoms with Crippen molar-refractivity contribution in [3.63, 3.8) is 0 Å². The lowest BCUT2D eigenvalue weighted by molar-refractivity contribution is 0.604. The highest BCUT2D eigenvalue weighted by Crippen LogP contribution is 2.29. The van der Waals surface area contributed by atoms with Crippen LogP contribution in [0.2, 0.25) is 0 Å². The Hall–Kier alpha value is -1.29. The van der Waals surface area contributed by atoms with Crippen molar-refractivity contribution in [1.82, 2.24) is 9.78 Å². The second-order valence-electron chi connectivity index (χ2n) is 5.27. The molecule has 0 unspecified atom stereocenters. The molecule has 92 valence electrons. The van der Waals surface area contributed by atoms with Crippen molar-refractivity contribution >= 4 is 17.0 Å². The first-order chi connectivity index (χ1) is 7.95. The standard InChI is InChI=1S/C13H19N3S/c1-13(2,3)12-6-5-11(17-12)8-14-10-7-15-16(4)9-10/h5-7,9,14H,8H2,1-4H3. The second-order valence-corrected chi connectivity index (χ2v) is 6.44. The molecule has 0 saturated carbocycles. The third kappa shape index (κ3) is 3.09. The third-order valence-corrected chi connectivity index (χ3v) is 4.08. The monoisotopic (exact) mass is 249 g/mol. The minimum atomic E-state index is 0.247. The first-order valence-electron chi connectivity index (χ1n) is 5.77. The van der Waals surface area contributed by atoms with E-state index in [1.165, 1.54) is 9.75 Å². The normalized spacial score (nSPS) is 11.8. The number of hydrogen-bond acceptors (Lipinski definition) is 3. The molecule has 0 fully saturated rings. The van der Waals surface area contributed by atoms with E-state index in [4.69, 9.17) is 0 Å². The molecule has 0 aliphatic carbocycles. The van der Waals surface area contributed by atoms with E-state index in [0.717, 1.165) is 12.2 Å². The van der Waals surface area contributed by atoms with Gasteiger partial charge in [0.15, 0.2) is 0 Å². The summed E-state index contributed by atoms with van der Waals surface area (Å²) in [5.41, 5.74) is 1.32. The Morgan fingerprint density at radius 2 is 2.12 bits per heavy atom. The minimum absolute atomic E-state index is 0.247. The Kier molecular flexibility index (Phi) is 3.24. The molecule has 0 saturated heterocycles. The largest absolute Gasteiger partial charge is 0.378 e. The third-order valence-electron chi connectivity index (χ3n) is 2.57. The van der Waals surface area contributed by atoms with Gasteiger partial charge in [-0.05, 0) is 17.5 Å². The number of anilines is 1. The first kappa shape index (κ1) is 12.2. The molecule has 1 N–H and O–H groups in total. The molecule has 0 radical (unpaired) electrons. The molecule has 3 nitrogen and oxygen atoms in total. The fourth-order valence-corrected chi connectivity index (χ4v) is 2.58. The highest BCUT2D eigenvalue weighted by molar-refractivity contribution is 7.12. The van der Waals surface area contributed by atoms with E-state index >= 15 is 0 Å². The number of rotatable bonds is 3. The predicted octanol–water partition coefficient (Wildman–Crippen LogP) is 3.39. The Bertz CT molecular complexity index is 491. The topological polar surface area (TPSA) is 29.9 Å². The highest BCUT2D eigenvalue weighted by atomic mass is 32.1. The fourth-order valence-electron chi connectivity index (χ4n) is 1.58. The van der Waals surface area contributed by atoms with Gasteiger partial charge in [0, 0.05) is 29.5 Å². The van der Waals surface area contributed by atoms with Crippen molar-refractivity contribution in [1.29, 1.82) is 0 Å². The number of nitrogens with zero attached hydrogens (tertiary/aromatic N) is 2. The van der Waals surface area contributed by atoms with Crippen LogP contribution in [0.25, 0.3) is 0 Å². The van der Waals surface area contributed by atoms with Crippen LogP contribution in [-0.2, 0) is 19.0 Å². The van der Waals surface area contributed by atoms with Crippen molar-refractivity contribution < 1.29 is 0 Å². The zero-order valence-electron chi connectivity index (χ0n) is 10.8. The smallest absolute Gasteiger partial charge is 0.0729 e. The lowest BCUT2D eigenvalue weighted by atomic mass is 9.95. The van der Waals surface area contributed by atoms with Crippen LogP contribution in [0.4, 0.5) is 5.69 Å². The fraction of sp³-hybridized carbons (Fsp3) is 0.462. The highest BCUT2D eigenvalue weighted by Gasteiger charge is 2.15. The summed E-state index contributed by atoms with van der Waals surface area (Å²) in [7, 11) is 1.92. The molecule has 0 amide bonds. The number of thiophene rings is 1. The van der Waals surface area contributed by atoms with E-state index in [0.29, 0.717) is 0 Å². The van der Waals surface area contributed by atoms with Crippen LogP contribution < -0.4 is 5.32 Å². The van der Waals surface area contributed by atoms with E-state index in [1.807, 2.05) is 30.8 Å². The van der Waals surface area contributed by atoms with E-state index in [1.54, 1.807) is 4.68 Å². The summed E-state index contributed by atoms with van der Waals surface area (Å²) >= 11 is 1.88. The summed E-state index contributed by atoms with van der Waals surface area (Å²) in [6.07, 6.45) is 3.83. The van der Waals surface area contributed by atoms with Crippen LogP contribution in [0.5, 0.6) is 0 Å². The van der Waals surface area contributed by atoms with Gasteiger partial charge in [-0.3, -0.25) is 4.68 Å². The Balaban J connectivity index is 1.98. The molecular weight excluding hydrogens is 230 g/mol. The SMILES string of the molecule is Cn1cc(NCc2ccc(C(C)(C)C)s2)cn1. The van der Waals surface area contributed by atoms with E-state index in [2.05, 4.69) is 43.3 Å². The molecule has 0 aromatic carbocycles. The van der Waals surface area contributed by atoms with Gasteiger partial charge in [0.05, 0.1) is 11.9 Å². The molecule has 2 aromatic rings. The molecule has 4 heteroatoms. The maximum Gasteiger partial charge on any atom is 0.0729 e. The van der Waals surface area contributed by atoms with Gasteiger partial charge < -0.3 is 5.32 Å². The van der Waals surface area contributed by atoms with Crippen molar-refractivity contribution in [2.45, 2.75) is 32.7 Å². The second kappa shape index (κ2) is 4.53. The van der Waals surface area contributed by atoms with Crippen LogP contribution in [0.15, 0.2) is 24.5 Å². The number of hydrogen-bond donors (Lipinski definition) is 1. The average Bonchev–Trinajstić information content (AvgIpc) is 2.82. The van der Waals surface area contributed by atoms with Crippen molar-refractivity contribution in [3.8, 4) is 0 Å². The van der Waals surface area contributed by atoms with Gasteiger partial charge in [0.2, 0.25) is 0 Å². The van der Waals surface area contributed by atoms with Crippen molar-refractivity contribution in [2.24, 2.45) is 7.05 Å². The van der Waals surface area contributed by atoms with Gasteiger partial charge >= 0.3 is 0 Å². The average molecular weight is 249 g/mol. The van der Waals surface area contributed by atoms with Crippen LogP contribution in [-0.4, -0.2) is 9.78 Å². The van der Waals surface area contributed by atoms with E-state index in [-0.39, 0.29) is 5.41 Å². The van der Waals surface area contributed by atoms with Crippen molar-refractivity contribution in [2.75, 3.05) is 5.32 Å². The number of nitrogens with one attached hydrogen (secondary N) is 1. The quantitative estimate of drug-likeness (QED) is 0.903. The van der Waals surface area contributed by atoms with Crippen LogP contribution >= 0.6 is 11.3 Å². The molecule has 2 aromatic heterocycles. The summed E-state index contributed by atoms with van der Waals surface area (Å²) in [4.78, 5) is 2.79. The summed E-state index contributed by atoms with van der Waals surface area (Å²) in [6.45, 7) is 7.61. The molecule has 0 spiro atoms. The van der Waals surface area contributed by atoms with Crippen LogP contribution in [0.3, 0.4) is 0 Å². The summed E-state index contributed by atoms with van der Waals surface area (Å²) in [6, 6.07) is 4.43. The Morgan fingerprint density at radius 3 is 2.65 bits per heavy atom. The minimum Gasteiger partial charge on any atom is -0.378 e. The predicted molar refractivity (Wildman–Crippen MR) is 73.6 cm³/mol. The Morgan fingerprint density at radius 1 is 1.35 bits per heavy atom. The lowest BCUT2D eigenvalue weighted by Gasteiger charge is -2.15. The van der Waals surface area contributed by atoms with Gasteiger partial charge in [-0.2, -0.15) is 5.10 Å².